The van der Waals surface area contributed by atoms with Gasteiger partial charge in [-0.2, -0.15) is 0 Å². The third-order valence-electron chi connectivity index (χ3n) is 3.66. The number of allylic oxidation sites excluding steroid dienone is 2. The zero-order chi connectivity index (χ0) is 16.0. The molecule has 1 aromatic rings. The van der Waals surface area contributed by atoms with Crippen molar-refractivity contribution in [2.24, 2.45) is 5.92 Å². The summed E-state index contributed by atoms with van der Waals surface area (Å²) in [6, 6.07) is 4.02. The third-order valence-corrected chi connectivity index (χ3v) is 4.14. The molecule has 0 aliphatic heterocycles. The fourth-order valence-electron chi connectivity index (χ4n) is 2.00. The standard InChI is InChI=1S/C18H27NOS/c1-7-8-9-15(14(5)12(2)3)19-16-10-13(4)18(21)11-17(16)20-6/h9-11,14,19,21H,2,7-8H2,1,3-6H3/b15-9+. The van der Waals surface area contributed by atoms with Crippen LogP contribution in [0.2, 0.25) is 0 Å². The van der Waals surface area contributed by atoms with Gasteiger partial charge in [0.2, 0.25) is 0 Å². The summed E-state index contributed by atoms with van der Waals surface area (Å²) in [5.74, 6) is 1.10. The van der Waals surface area contributed by atoms with Gasteiger partial charge in [-0.3, -0.25) is 0 Å². The van der Waals surface area contributed by atoms with Gasteiger partial charge in [-0.15, -0.1) is 12.6 Å². The van der Waals surface area contributed by atoms with Crippen LogP contribution in [0.3, 0.4) is 0 Å². The molecule has 0 bridgehead atoms. The highest BCUT2D eigenvalue weighted by Crippen LogP contribution is 2.32. The van der Waals surface area contributed by atoms with Crippen LogP contribution < -0.4 is 10.1 Å². The molecular formula is C18H27NOS. The second-order valence-electron chi connectivity index (χ2n) is 5.48. The van der Waals surface area contributed by atoms with Crippen LogP contribution in [0.25, 0.3) is 0 Å². The average molecular weight is 305 g/mol. The van der Waals surface area contributed by atoms with Gasteiger partial charge in [0.25, 0.3) is 0 Å². The minimum Gasteiger partial charge on any atom is -0.495 e. The minimum atomic E-state index is 0.289. The maximum absolute atomic E-state index is 5.47. The van der Waals surface area contributed by atoms with Gasteiger partial charge in [-0.05, 0) is 38.0 Å². The molecule has 0 saturated carbocycles. The smallest absolute Gasteiger partial charge is 0.143 e. The topological polar surface area (TPSA) is 21.3 Å². The number of hydrogen-bond acceptors (Lipinski definition) is 3. The molecule has 1 aromatic carbocycles. The number of aryl methyl sites for hydroxylation is 1. The molecule has 1 rings (SSSR count). The number of anilines is 1. The van der Waals surface area contributed by atoms with E-state index >= 15 is 0 Å². The number of nitrogens with one attached hydrogen (secondary N) is 1. The Kier molecular flexibility index (Phi) is 6.90. The maximum Gasteiger partial charge on any atom is 0.143 e. The van der Waals surface area contributed by atoms with E-state index in [4.69, 9.17) is 4.74 Å². The highest BCUT2D eigenvalue weighted by atomic mass is 32.1. The van der Waals surface area contributed by atoms with E-state index in [2.05, 4.69) is 57.4 Å². The number of unbranched alkanes of at least 4 members (excludes halogenated alkanes) is 1. The van der Waals surface area contributed by atoms with Gasteiger partial charge in [0.1, 0.15) is 5.75 Å². The molecule has 0 heterocycles. The van der Waals surface area contributed by atoms with Crippen molar-refractivity contribution in [1.82, 2.24) is 0 Å². The van der Waals surface area contributed by atoms with Crippen molar-refractivity contribution in [1.29, 1.82) is 0 Å². The molecule has 0 aromatic heterocycles. The second kappa shape index (κ2) is 8.18. The number of thiol groups is 1. The van der Waals surface area contributed by atoms with E-state index in [1.54, 1.807) is 7.11 Å². The van der Waals surface area contributed by atoms with E-state index < -0.39 is 0 Å². The van der Waals surface area contributed by atoms with Crippen LogP contribution in [-0.4, -0.2) is 7.11 Å². The predicted octanol–water partition coefficient (Wildman–Crippen LogP) is 5.60. The van der Waals surface area contributed by atoms with E-state index in [1.165, 1.54) is 5.70 Å². The lowest BCUT2D eigenvalue weighted by atomic mass is 9.98. The van der Waals surface area contributed by atoms with E-state index in [-0.39, 0.29) is 5.92 Å². The van der Waals surface area contributed by atoms with E-state index in [9.17, 15) is 0 Å². The summed E-state index contributed by atoms with van der Waals surface area (Å²) in [4.78, 5) is 0.935. The van der Waals surface area contributed by atoms with Crippen molar-refractivity contribution in [3.63, 3.8) is 0 Å². The van der Waals surface area contributed by atoms with Crippen LogP contribution in [-0.2, 0) is 0 Å². The van der Waals surface area contributed by atoms with Gasteiger partial charge >= 0.3 is 0 Å². The largest absolute Gasteiger partial charge is 0.495 e. The summed E-state index contributed by atoms with van der Waals surface area (Å²) < 4.78 is 5.47. The lowest BCUT2D eigenvalue weighted by Crippen LogP contribution is -2.11. The maximum atomic E-state index is 5.47. The molecule has 1 N–H and O–H groups in total. The third kappa shape index (κ3) is 4.85. The van der Waals surface area contributed by atoms with Gasteiger partial charge in [0, 0.05) is 16.5 Å². The van der Waals surface area contributed by atoms with Crippen LogP contribution in [0.5, 0.6) is 5.75 Å². The Morgan fingerprint density at radius 1 is 1.48 bits per heavy atom. The first-order valence-electron chi connectivity index (χ1n) is 7.40. The Hall–Kier alpha value is -1.35. The normalized spacial score (nSPS) is 13.0. The van der Waals surface area contributed by atoms with Crippen molar-refractivity contribution in [3.05, 3.63) is 41.6 Å². The highest BCUT2D eigenvalue weighted by molar-refractivity contribution is 7.80. The van der Waals surface area contributed by atoms with E-state index in [0.29, 0.717) is 0 Å². The molecule has 0 aliphatic carbocycles. The van der Waals surface area contributed by atoms with E-state index in [0.717, 1.165) is 40.3 Å². The number of hydrogen-bond donors (Lipinski definition) is 2. The Morgan fingerprint density at radius 2 is 2.14 bits per heavy atom. The molecule has 2 nitrogen and oxygen atoms in total. The Balaban J connectivity index is 3.14. The van der Waals surface area contributed by atoms with Crippen LogP contribution >= 0.6 is 12.6 Å². The van der Waals surface area contributed by atoms with Gasteiger partial charge in [-0.25, -0.2) is 0 Å². The summed E-state index contributed by atoms with van der Waals surface area (Å²) in [7, 11) is 1.68. The van der Waals surface area contributed by atoms with Gasteiger partial charge in [-0.1, -0.05) is 38.5 Å². The first-order valence-corrected chi connectivity index (χ1v) is 7.85. The predicted molar refractivity (Wildman–Crippen MR) is 95.6 cm³/mol. The highest BCUT2D eigenvalue weighted by Gasteiger charge is 2.13. The molecule has 1 unspecified atom stereocenters. The summed E-state index contributed by atoms with van der Waals surface area (Å²) in [5, 5.41) is 3.52. The minimum absolute atomic E-state index is 0.289. The molecule has 0 saturated heterocycles. The quantitative estimate of drug-likeness (QED) is 0.505. The van der Waals surface area contributed by atoms with Gasteiger partial charge in [0.05, 0.1) is 12.8 Å². The number of methoxy groups -OCH3 is 1. The van der Waals surface area contributed by atoms with Crippen LogP contribution in [0.1, 0.15) is 39.2 Å². The van der Waals surface area contributed by atoms with E-state index in [1.807, 2.05) is 13.0 Å². The van der Waals surface area contributed by atoms with Crippen LogP contribution in [0.4, 0.5) is 5.69 Å². The second-order valence-corrected chi connectivity index (χ2v) is 5.96. The molecule has 0 spiro atoms. The molecule has 21 heavy (non-hydrogen) atoms. The number of rotatable bonds is 7. The molecular weight excluding hydrogens is 278 g/mol. The first kappa shape index (κ1) is 17.7. The Labute approximate surface area is 134 Å². The molecule has 0 radical (unpaired) electrons. The first-order chi connectivity index (χ1) is 9.90. The number of ether oxygens (including phenoxy) is 1. The Morgan fingerprint density at radius 3 is 2.67 bits per heavy atom. The average Bonchev–Trinajstić information content (AvgIpc) is 2.45. The van der Waals surface area contributed by atoms with Crippen molar-refractivity contribution >= 4 is 18.3 Å². The van der Waals surface area contributed by atoms with Crippen LogP contribution in [0, 0.1) is 12.8 Å². The lowest BCUT2D eigenvalue weighted by Gasteiger charge is -2.21. The SMILES string of the molecule is C=C(C)C(C)/C(=C\CCC)Nc1cc(C)c(S)cc1OC. The monoisotopic (exact) mass is 305 g/mol. The number of benzene rings is 1. The van der Waals surface area contributed by atoms with Gasteiger partial charge in [0.15, 0.2) is 0 Å². The molecule has 0 aliphatic rings. The summed E-state index contributed by atoms with van der Waals surface area (Å²) in [6.45, 7) is 12.5. The van der Waals surface area contributed by atoms with Crippen LogP contribution in [0.15, 0.2) is 41.0 Å². The molecule has 0 amide bonds. The fourth-order valence-corrected chi connectivity index (χ4v) is 2.18. The van der Waals surface area contributed by atoms with Crippen molar-refractivity contribution in [2.75, 3.05) is 12.4 Å². The molecule has 0 fully saturated rings. The van der Waals surface area contributed by atoms with Crippen molar-refractivity contribution in [2.45, 2.75) is 45.4 Å². The van der Waals surface area contributed by atoms with Gasteiger partial charge < -0.3 is 10.1 Å². The molecule has 116 valence electrons. The molecule has 3 heteroatoms. The zero-order valence-electron chi connectivity index (χ0n) is 13.8. The fraction of sp³-hybridized carbons (Fsp3) is 0.444. The zero-order valence-corrected chi connectivity index (χ0v) is 14.7. The van der Waals surface area contributed by atoms with Crippen molar-refractivity contribution in [3.8, 4) is 5.75 Å². The summed E-state index contributed by atoms with van der Waals surface area (Å²) in [6.07, 6.45) is 4.43. The Bertz CT molecular complexity index is 534. The summed E-state index contributed by atoms with van der Waals surface area (Å²) >= 11 is 4.45. The lowest BCUT2D eigenvalue weighted by molar-refractivity contribution is 0.415. The van der Waals surface area contributed by atoms with Crippen molar-refractivity contribution < 1.29 is 4.74 Å². The molecule has 1 atom stereocenters. The summed E-state index contributed by atoms with van der Waals surface area (Å²) in [5.41, 5.74) is 4.42.